The van der Waals surface area contributed by atoms with E-state index in [1.807, 2.05) is 30.3 Å². The van der Waals surface area contributed by atoms with Crippen molar-refractivity contribution in [3.8, 4) is 5.75 Å². The summed E-state index contributed by atoms with van der Waals surface area (Å²) >= 11 is 0. The number of ether oxygens (including phenoxy) is 4. The Bertz CT molecular complexity index is 1330. The molecule has 13 heteroatoms. The molecule has 1 atom stereocenters. The smallest absolute Gasteiger partial charge is 0.344 e. The quantitative estimate of drug-likeness (QED) is 0.177. The number of carbonyl (C=O) groups excluding carboxylic acids is 3. The lowest BCUT2D eigenvalue weighted by molar-refractivity contribution is -0.160. The number of hydrogen-bond acceptors (Lipinski definition) is 11. The van der Waals surface area contributed by atoms with Crippen LogP contribution < -0.4 is 4.74 Å². The summed E-state index contributed by atoms with van der Waals surface area (Å²) in [5.41, 5.74) is -0.0884. The zero-order valence-corrected chi connectivity index (χ0v) is 27.9. The maximum atomic E-state index is 12.8. The number of hydrogen-bond donors (Lipinski definition) is 2. The molecule has 0 saturated carbocycles. The first-order valence-electron chi connectivity index (χ1n) is 15.1. The number of benzene rings is 2. The van der Waals surface area contributed by atoms with Gasteiger partial charge in [-0.05, 0) is 71.2 Å². The minimum atomic E-state index is -1.21. The molecule has 0 bridgehead atoms. The van der Waals surface area contributed by atoms with E-state index in [2.05, 4.69) is 0 Å². The Hall–Kier alpha value is -4.49. The lowest BCUT2D eigenvalue weighted by atomic mass is 10.0. The van der Waals surface area contributed by atoms with Crippen molar-refractivity contribution in [2.24, 2.45) is 0 Å². The highest BCUT2D eigenvalue weighted by molar-refractivity contribution is 5.75. The first-order chi connectivity index (χ1) is 21.9. The fourth-order valence-electron chi connectivity index (χ4n) is 4.48. The molecule has 1 unspecified atom stereocenters. The molecule has 0 spiro atoms. The van der Waals surface area contributed by atoms with Gasteiger partial charge >= 0.3 is 29.8 Å². The molecule has 2 aromatic carbocycles. The summed E-state index contributed by atoms with van der Waals surface area (Å²) in [6.07, 6.45) is 0.167. The van der Waals surface area contributed by atoms with Gasteiger partial charge in [0.1, 0.15) is 23.6 Å². The highest BCUT2D eigenvalue weighted by Crippen LogP contribution is 2.18. The van der Waals surface area contributed by atoms with E-state index in [1.54, 1.807) is 65.8 Å². The average molecular weight is 659 g/mol. The van der Waals surface area contributed by atoms with Crippen molar-refractivity contribution in [3.05, 3.63) is 65.7 Å². The Balaban J connectivity index is 2.24. The standard InChI is InChI=1S/C34H46N2O11/c1-33(2,3)46-30(41)20-35(18-28(37)38)17-26(36(19-29(39)40)21-31(42)47-34(4,5)6)16-24-12-14-27(15-13-24)44-23-32(43)45-22-25-10-8-7-9-11-25/h7-15,26H,16-23H2,1-6H3,(H,37,38)(H,39,40). The van der Waals surface area contributed by atoms with Crippen LogP contribution in [0.1, 0.15) is 52.7 Å². The van der Waals surface area contributed by atoms with Gasteiger partial charge in [-0.25, -0.2) is 4.79 Å². The third-order valence-corrected chi connectivity index (χ3v) is 6.20. The average Bonchev–Trinajstić information content (AvgIpc) is 2.93. The lowest BCUT2D eigenvalue weighted by Crippen LogP contribution is -2.51. The monoisotopic (exact) mass is 658 g/mol. The highest BCUT2D eigenvalue weighted by Gasteiger charge is 2.30. The van der Waals surface area contributed by atoms with Crippen LogP contribution in [0.4, 0.5) is 0 Å². The first-order valence-corrected chi connectivity index (χ1v) is 15.1. The summed E-state index contributed by atoms with van der Waals surface area (Å²) in [4.78, 5) is 64.0. The van der Waals surface area contributed by atoms with Gasteiger partial charge in [0.25, 0.3) is 0 Å². The Morgan fingerprint density at radius 3 is 1.77 bits per heavy atom. The molecule has 0 radical (unpaired) electrons. The molecule has 0 aliphatic rings. The summed E-state index contributed by atoms with van der Waals surface area (Å²) in [7, 11) is 0. The van der Waals surface area contributed by atoms with Gasteiger partial charge in [0.15, 0.2) is 6.61 Å². The van der Waals surface area contributed by atoms with Crippen LogP contribution in [0.25, 0.3) is 0 Å². The molecule has 0 aliphatic heterocycles. The third-order valence-electron chi connectivity index (χ3n) is 6.20. The van der Waals surface area contributed by atoms with Gasteiger partial charge in [-0.1, -0.05) is 42.5 Å². The van der Waals surface area contributed by atoms with Crippen LogP contribution in [0.2, 0.25) is 0 Å². The largest absolute Gasteiger partial charge is 0.482 e. The molecule has 0 amide bonds. The van der Waals surface area contributed by atoms with Gasteiger partial charge in [-0.3, -0.25) is 29.0 Å². The van der Waals surface area contributed by atoms with Crippen LogP contribution in [0.3, 0.4) is 0 Å². The van der Waals surface area contributed by atoms with Crippen LogP contribution in [-0.4, -0.2) is 106 Å². The number of aliphatic carboxylic acids is 2. The number of esters is 3. The van der Waals surface area contributed by atoms with E-state index in [9.17, 15) is 34.2 Å². The molecule has 0 aliphatic carbocycles. The SMILES string of the molecule is CC(C)(C)OC(=O)CN(CC(=O)O)CC(Cc1ccc(OCC(=O)OCc2ccccc2)cc1)N(CC(=O)O)CC(=O)OC(C)(C)C. The summed E-state index contributed by atoms with van der Waals surface area (Å²) < 4.78 is 21.6. The summed E-state index contributed by atoms with van der Waals surface area (Å²) in [5.74, 6) is -3.89. The van der Waals surface area contributed by atoms with Crippen molar-refractivity contribution >= 4 is 29.8 Å². The van der Waals surface area contributed by atoms with E-state index in [-0.39, 0.29) is 32.7 Å². The van der Waals surface area contributed by atoms with Crippen molar-refractivity contribution in [1.29, 1.82) is 0 Å². The third kappa shape index (κ3) is 17.1. The lowest BCUT2D eigenvalue weighted by Gasteiger charge is -2.34. The van der Waals surface area contributed by atoms with Gasteiger partial charge in [0.2, 0.25) is 0 Å². The number of carboxylic acid groups (broad SMARTS) is 2. The van der Waals surface area contributed by atoms with E-state index >= 15 is 0 Å². The fourth-order valence-corrected chi connectivity index (χ4v) is 4.48. The Morgan fingerprint density at radius 2 is 1.23 bits per heavy atom. The zero-order chi connectivity index (χ0) is 35.2. The predicted molar refractivity (Wildman–Crippen MR) is 171 cm³/mol. The van der Waals surface area contributed by atoms with E-state index in [0.717, 1.165) is 5.56 Å². The van der Waals surface area contributed by atoms with Crippen molar-refractivity contribution in [2.45, 2.75) is 71.8 Å². The number of carboxylic acids is 2. The van der Waals surface area contributed by atoms with Crippen LogP contribution in [0, 0.1) is 0 Å². The minimum Gasteiger partial charge on any atom is -0.482 e. The maximum Gasteiger partial charge on any atom is 0.344 e. The molecule has 13 nitrogen and oxygen atoms in total. The van der Waals surface area contributed by atoms with Gasteiger partial charge in [-0.2, -0.15) is 0 Å². The minimum absolute atomic E-state index is 0.0902. The molecule has 0 aromatic heterocycles. The van der Waals surface area contributed by atoms with Crippen molar-refractivity contribution in [1.82, 2.24) is 9.80 Å². The molecule has 0 saturated heterocycles. The molecular formula is C34H46N2O11. The Kier molecular flexibility index (Phi) is 14.8. The van der Waals surface area contributed by atoms with Crippen molar-refractivity contribution in [3.63, 3.8) is 0 Å². The van der Waals surface area contributed by atoms with Gasteiger partial charge in [0.05, 0.1) is 26.2 Å². The second-order valence-electron chi connectivity index (χ2n) is 13.0. The molecule has 2 rings (SSSR count). The molecular weight excluding hydrogens is 612 g/mol. The molecule has 0 heterocycles. The number of carbonyl (C=O) groups is 5. The highest BCUT2D eigenvalue weighted by atomic mass is 16.6. The van der Waals surface area contributed by atoms with Crippen molar-refractivity contribution in [2.75, 3.05) is 39.3 Å². The van der Waals surface area contributed by atoms with Gasteiger partial charge in [-0.15, -0.1) is 0 Å². The van der Waals surface area contributed by atoms with Gasteiger partial charge < -0.3 is 29.2 Å². The zero-order valence-electron chi connectivity index (χ0n) is 27.9. The molecule has 0 fully saturated rings. The number of rotatable bonds is 18. The Labute approximate surface area is 275 Å². The van der Waals surface area contributed by atoms with E-state index < -0.39 is 66.7 Å². The normalized spacial score (nSPS) is 12.3. The van der Waals surface area contributed by atoms with Crippen LogP contribution in [-0.2, 0) is 51.2 Å². The van der Waals surface area contributed by atoms with Crippen molar-refractivity contribution < 1.29 is 53.1 Å². The van der Waals surface area contributed by atoms with Crippen LogP contribution in [0.5, 0.6) is 5.75 Å². The summed E-state index contributed by atoms with van der Waals surface area (Å²) in [6.45, 7) is 7.98. The molecule has 2 aromatic rings. The molecule has 258 valence electrons. The summed E-state index contributed by atoms with van der Waals surface area (Å²) in [6, 6.07) is 15.1. The van der Waals surface area contributed by atoms with Crippen LogP contribution >= 0.6 is 0 Å². The Morgan fingerprint density at radius 1 is 0.681 bits per heavy atom. The summed E-state index contributed by atoms with van der Waals surface area (Å²) in [5, 5.41) is 19.3. The molecule has 2 N–H and O–H groups in total. The van der Waals surface area contributed by atoms with E-state index in [1.165, 1.54) is 9.80 Å². The van der Waals surface area contributed by atoms with Crippen LogP contribution in [0.15, 0.2) is 54.6 Å². The second kappa shape index (κ2) is 18.0. The maximum absolute atomic E-state index is 12.8. The second-order valence-corrected chi connectivity index (χ2v) is 13.0. The predicted octanol–water partition coefficient (Wildman–Crippen LogP) is 3.18. The van der Waals surface area contributed by atoms with E-state index in [4.69, 9.17) is 18.9 Å². The molecule has 47 heavy (non-hydrogen) atoms. The van der Waals surface area contributed by atoms with Gasteiger partial charge in [0, 0.05) is 12.6 Å². The topological polar surface area (TPSA) is 169 Å². The number of nitrogens with zero attached hydrogens (tertiary/aromatic N) is 2. The fraction of sp³-hybridized carbons (Fsp3) is 0.500. The first kappa shape index (κ1) is 38.7. The van der Waals surface area contributed by atoms with E-state index in [0.29, 0.717) is 11.3 Å².